The number of ether oxygens (including phenoxy) is 1. The minimum absolute atomic E-state index is 0.0761. The van der Waals surface area contributed by atoms with Crippen molar-refractivity contribution >= 4 is 23.4 Å². The van der Waals surface area contributed by atoms with Gasteiger partial charge in [-0.25, -0.2) is 0 Å². The summed E-state index contributed by atoms with van der Waals surface area (Å²) in [6, 6.07) is 8.25. The van der Waals surface area contributed by atoms with Crippen molar-refractivity contribution in [3.05, 3.63) is 41.1 Å². The lowest BCUT2D eigenvalue weighted by Gasteiger charge is -2.35. The number of carboxylic acid groups (broad SMARTS) is 1. The van der Waals surface area contributed by atoms with Gasteiger partial charge in [0.1, 0.15) is 11.4 Å². The summed E-state index contributed by atoms with van der Waals surface area (Å²) in [4.78, 5) is 34.7. The second-order valence-corrected chi connectivity index (χ2v) is 8.98. The molecular weight excluding hydrogens is 408 g/mol. The Morgan fingerprint density at radius 2 is 1.84 bits per heavy atom. The molecule has 170 valence electrons. The number of nitrogens with zero attached hydrogens (tertiary/aromatic N) is 3. The van der Waals surface area contributed by atoms with Crippen LogP contribution in [0.15, 0.2) is 24.3 Å². The molecular formula is C24H30N4O4. The van der Waals surface area contributed by atoms with Crippen LogP contribution in [0.25, 0.3) is 0 Å². The maximum absolute atomic E-state index is 13.3. The molecule has 0 radical (unpaired) electrons. The van der Waals surface area contributed by atoms with Gasteiger partial charge in [0.25, 0.3) is 5.91 Å². The molecule has 1 saturated carbocycles. The maximum atomic E-state index is 13.3. The quantitative estimate of drug-likeness (QED) is 0.731. The first-order valence-corrected chi connectivity index (χ1v) is 11.2. The molecule has 1 aromatic heterocycles. The zero-order chi connectivity index (χ0) is 23.0. The summed E-state index contributed by atoms with van der Waals surface area (Å²) < 4.78 is 5.09. The zero-order valence-electron chi connectivity index (χ0n) is 18.7. The van der Waals surface area contributed by atoms with E-state index in [4.69, 9.17) is 10.5 Å². The van der Waals surface area contributed by atoms with Crippen LogP contribution in [0, 0.1) is 11.8 Å². The Hall–Kier alpha value is -3.16. The Morgan fingerprint density at radius 3 is 2.44 bits per heavy atom. The standard InChI is InChI=1S/C24H30N4O4/c1-13-12-19-20(21(25)27-24(26-19)32-3)22(29)28(13)18-10-8-17(9-11-18)16-6-4-15(5-7-16)14(2)23(30)31/h8-11,13-16H,4-7,12H2,1-3H3,(H,30,31)(H2,25,26,27)/t13-,14?,15?,16?/m1/s1. The number of methoxy groups -OCH3 is 1. The van der Waals surface area contributed by atoms with Gasteiger partial charge < -0.3 is 20.5 Å². The van der Waals surface area contributed by atoms with Crippen molar-refractivity contribution in [3.8, 4) is 6.01 Å². The molecule has 8 nitrogen and oxygen atoms in total. The highest BCUT2D eigenvalue weighted by molar-refractivity contribution is 6.11. The Morgan fingerprint density at radius 1 is 1.19 bits per heavy atom. The Bertz CT molecular complexity index is 1020. The van der Waals surface area contributed by atoms with Gasteiger partial charge in [-0.1, -0.05) is 19.1 Å². The van der Waals surface area contributed by atoms with Gasteiger partial charge in [0.2, 0.25) is 0 Å². The van der Waals surface area contributed by atoms with Crippen LogP contribution in [0.5, 0.6) is 6.01 Å². The summed E-state index contributed by atoms with van der Waals surface area (Å²) in [6.45, 7) is 3.80. The molecule has 4 rings (SSSR count). The number of nitrogens with two attached hydrogens (primary N) is 1. The lowest BCUT2D eigenvalue weighted by Crippen LogP contribution is -2.45. The third kappa shape index (κ3) is 4.01. The molecule has 1 aliphatic carbocycles. The third-order valence-electron chi connectivity index (χ3n) is 7.05. The molecule has 0 saturated heterocycles. The number of rotatable bonds is 5. The fourth-order valence-electron chi connectivity index (χ4n) is 5.10. The molecule has 1 amide bonds. The summed E-state index contributed by atoms with van der Waals surface area (Å²) >= 11 is 0. The molecule has 2 aromatic rings. The predicted molar refractivity (Wildman–Crippen MR) is 121 cm³/mol. The Balaban J connectivity index is 1.50. The number of amides is 1. The number of hydrogen-bond donors (Lipinski definition) is 2. The Kier molecular flexibility index (Phi) is 6.04. The molecule has 0 bridgehead atoms. The van der Waals surface area contributed by atoms with E-state index in [1.54, 1.807) is 4.90 Å². The van der Waals surface area contributed by atoms with E-state index < -0.39 is 5.97 Å². The number of anilines is 2. The molecule has 2 atom stereocenters. The van der Waals surface area contributed by atoms with Crippen molar-refractivity contribution in [3.63, 3.8) is 0 Å². The zero-order valence-corrected chi connectivity index (χ0v) is 18.7. The molecule has 0 spiro atoms. The van der Waals surface area contributed by atoms with Crippen LogP contribution in [0.2, 0.25) is 0 Å². The van der Waals surface area contributed by atoms with Crippen LogP contribution in [-0.4, -0.2) is 40.1 Å². The van der Waals surface area contributed by atoms with Crippen LogP contribution in [0.1, 0.15) is 67.1 Å². The van der Waals surface area contributed by atoms with Crippen LogP contribution >= 0.6 is 0 Å². The van der Waals surface area contributed by atoms with Gasteiger partial charge in [-0.2, -0.15) is 9.97 Å². The van der Waals surface area contributed by atoms with Crippen molar-refractivity contribution in [1.82, 2.24) is 9.97 Å². The summed E-state index contributed by atoms with van der Waals surface area (Å²) in [7, 11) is 1.47. The molecule has 1 aliphatic heterocycles. The van der Waals surface area contributed by atoms with E-state index in [-0.39, 0.29) is 35.6 Å². The maximum Gasteiger partial charge on any atom is 0.318 e. The second-order valence-electron chi connectivity index (χ2n) is 8.98. The molecule has 1 unspecified atom stereocenters. The normalized spacial score (nSPS) is 24.0. The van der Waals surface area contributed by atoms with Crippen molar-refractivity contribution < 1.29 is 19.4 Å². The minimum Gasteiger partial charge on any atom is -0.481 e. The SMILES string of the molecule is COc1nc(N)c2c(n1)C[C@@H](C)N(c1ccc(C3CCC(C(C)C(=O)O)CC3)cc1)C2=O. The van der Waals surface area contributed by atoms with E-state index in [1.165, 1.54) is 12.7 Å². The number of carbonyl (C=O) groups excluding carboxylic acids is 1. The third-order valence-corrected chi connectivity index (χ3v) is 7.05. The molecule has 1 fully saturated rings. The smallest absolute Gasteiger partial charge is 0.318 e. The largest absolute Gasteiger partial charge is 0.481 e. The number of aliphatic carboxylic acids is 1. The summed E-state index contributed by atoms with van der Waals surface area (Å²) in [5.74, 6) is -0.380. The van der Waals surface area contributed by atoms with E-state index in [0.717, 1.165) is 31.4 Å². The first-order chi connectivity index (χ1) is 15.3. The van der Waals surface area contributed by atoms with E-state index in [9.17, 15) is 14.7 Å². The van der Waals surface area contributed by atoms with Crippen LogP contribution in [-0.2, 0) is 11.2 Å². The second kappa shape index (κ2) is 8.76. The number of hydrogen-bond acceptors (Lipinski definition) is 6. The lowest BCUT2D eigenvalue weighted by atomic mass is 9.74. The van der Waals surface area contributed by atoms with E-state index in [0.29, 0.717) is 23.6 Å². The molecule has 32 heavy (non-hydrogen) atoms. The highest BCUT2D eigenvalue weighted by Gasteiger charge is 2.35. The van der Waals surface area contributed by atoms with Crippen molar-refractivity contribution in [2.45, 2.75) is 57.9 Å². The van der Waals surface area contributed by atoms with Crippen molar-refractivity contribution in [1.29, 1.82) is 0 Å². The average molecular weight is 439 g/mol. The highest BCUT2D eigenvalue weighted by atomic mass is 16.5. The fourth-order valence-corrected chi connectivity index (χ4v) is 5.10. The molecule has 2 aliphatic rings. The fraction of sp³-hybridized carbons (Fsp3) is 0.500. The van der Waals surface area contributed by atoms with Gasteiger partial charge in [0.05, 0.1) is 18.7 Å². The van der Waals surface area contributed by atoms with Crippen LogP contribution < -0.4 is 15.4 Å². The number of fused-ring (bicyclic) bond motifs is 1. The summed E-state index contributed by atoms with van der Waals surface area (Å²) in [5.41, 5.74) is 9.07. The minimum atomic E-state index is -0.704. The number of aromatic nitrogens is 2. The molecule has 2 heterocycles. The summed E-state index contributed by atoms with van der Waals surface area (Å²) in [6.07, 6.45) is 4.41. The van der Waals surface area contributed by atoms with Crippen molar-refractivity contribution in [2.24, 2.45) is 11.8 Å². The lowest BCUT2D eigenvalue weighted by molar-refractivity contribution is -0.143. The predicted octanol–water partition coefficient (Wildman–Crippen LogP) is 3.65. The summed E-state index contributed by atoms with van der Waals surface area (Å²) in [5, 5.41) is 9.26. The average Bonchev–Trinajstić information content (AvgIpc) is 2.78. The van der Waals surface area contributed by atoms with Crippen LogP contribution in [0.4, 0.5) is 11.5 Å². The molecule has 8 heteroatoms. The van der Waals surface area contributed by atoms with Crippen LogP contribution in [0.3, 0.4) is 0 Å². The molecule has 1 aromatic carbocycles. The van der Waals surface area contributed by atoms with Gasteiger partial charge in [0, 0.05) is 18.2 Å². The number of carboxylic acids is 1. The topological polar surface area (TPSA) is 119 Å². The van der Waals surface area contributed by atoms with Crippen molar-refractivity contribution in [2.75, 3.05) is 17.7 Å². The first kappa shape index (κ1) is 22.0. The monoisotopic (exact) mass is 438 g/mol. The number of carbonyl (C=O) groups is 2. The van der Waals surface area contributed by atoms with Gasteiger partial charge in [-0.3, -0.25) is 9.59 Å². The van der Waals surface area contributed by atoms with E-state index in [1.807, 2.05) is 26.0 Å². The molecule has 3 N–H and O–H groups in total. The van der Waals surface area contributed by atoms with E-state index in [2.05, 4.69) is 22.1 Å². The Labute approximate surface area is 187 Å². The number of nitrogen functional groups attached to an aromatic ring is 1. The van der Waals surface area contributed by atoms with E-state index >= 15 is 0 Å². The highest BCUT2D eigenvalue weighted by Crippen LogP contribution is 2.39. The first-order valence-electron chi connectivity index (χ1n) is 11.2. The number of benzene rings is 1. The van der Waals surface area contributed by atoms with Gasteiger partial charge in [0.15, 0.2) is 0 Å². The van der Waals surface area contributed by atoms with Gasteiger partial charge in [-0.15, -0.1) is 0 Å². The van der Waals surface area contributed by atoms with Gasteiger partial charge >= 0.3 is 12.0 Å². The van der Waals surface area contributed by atoms with Gasteiger partial charge in [-0.05, 0) is 62.1 Å².